The third-order valence-electron chi connectivity index (χ3n) is 4.07. The number of ether oxygens (including phenoxy) is 1. The smallest absolute Gasteiger partial charge is 0.191 e. The van der Waals surface area contributed by atoms with Gasteiger partial charge >= 0.3 is 0 Å². The van der Waals surface area contributed by atoms with Gasteiger partial charge in [0.25, 0.3) is 0 Å². The molecule has 0 bridgehead atoms. The summed E-state index contributed by atoms with van der Waals surface area (Å²) in [6.07, 6.45) is 1.18. The molecule has 1 unspecified atom stereocenters. The van der Waals surface area contributed by atoms with Gasteiger partial charge < -0.3 is 4.74 Å². The van der Waals surface area contributed by atoms with Gasteiger partial charge in [-0.15, -0.1) is 16.8 Å². The average molecular weight is 401 g/mol. The molecule has 0 saturated carbocycles. The van der Waals surface area contributed by atoms with Crippen LogP contribution in [0.3, 0.4) is 0 Å². The van der Waals surface area contributed by atoms with E-state index in [1.807, 2.05) is 10.6 Å². The molecule has 1 heterocycles. The summed E-state index contributed by atoms with van der Waals surface area (Å²) in [5.74, 6) is -0.136. The Morgan fingerprint density at radius 1 is 1.21 bits per heavy atom. The van der Waals surface area contributed by atoms with E-state index in [0.29, 0.717) is 12.4 Å². The van der Waals surface area contributed by atoms with E-state index in [-0.39, 0.29) is 5.75 Å². The second-order valence-corrected chi connectivity index (χ2v) is 7.30. The lowest BCUT2D eigenvalue weighted by Gasteiger charge is -2.16. The Morgan fingerprint density at radius 3 is 2.75 bits per heavy atom. The van der Waals surface area contributed by atoms with Crippen LogP contribution in [-0.2, 0) is 12.3 Å². The van der Waals surface area contributed by atoms with E-state index >= 15 is 0 Å². The van der Waals surface area contributed by atoms with Crippen LogP contribution >= 0.6 is 11.8 Å². The summed E-state index contributed by atoms with van der Waals surface area (Å²) in [6.45, 7) is 8.09. The molecular formula is C21H21F2N3OS. The number of thioether (sulfide) groups is 1. The minimum atomic E-state index is -0.754. The molecule has 146 valence electrons. The number of nitrogens with zero attached hydrogens (tertiary/aromatic N) is 3. The standard InChI is InChI=1S/C21H21F2N3OS/c1-4-10-26-20(15(3)27-19-9-8-17(22)12-18(19)23)24-25-21(26)28-13-16-7-5-6-14(2)11-16/h4-9,11-12,15H,1,10,13H2,2-3H3. The van der Waals surface area contributed by atoms with Crippen LogP contribution in [0.25, 0.3) is 0 Å². The van der Waals surface area contributed by atoms with Gasteiger partial charge in [0.05, 0.1) is 0 Å². The van der Waals surface area contributed by atoms with Crippen molar-refractivity contribution in [3.63, 3.8) is 0 Å². The lowest BCUT2D eigenvalue weighted by Crippen LogP contribution is -2.13. The highest BCUT2D eigenvalue weighted by Gasteiger charge is 2.20. The summed E-state index contributed by atoms with van der Waals surface area (Å²) in [5, 5.41) is 9.22. The van der Waals surface area contributed by atoms with E-state index in [4.69, 9.17) is 4.74 Å². The number of allylic oxidation sites excluding steroid dienone is 1. The van der Waals surface area contributed by atoms with Gasteiger partial charge in [0, 0.05) is 18.4 Å². The fourth-order valence-corrected chi connectivity index (χ4v) is 3.67. The van der Waals surface area contributed by atoms with Crippen molar-refractivity contribution in [1.82, 2.24) is 14.8 Å². The van der Waals surface area contributed by atoms with Crippen molar-refractivity contribution in [2.75, 3.05) is 0 Å². The van der Waals surface area contributed by atoms with Gasteiger partial charge in [0.15, 0.2) is 28.7 Å². The molecule has 0 fully saturated rings. The highest BCUT2D eigenvalue weighted by atomic mass is 32.2. The van der Waals surface area contributed by atoms with Gasteiger partial charge in [0.2, 0.25) is 0 Å². The van der Waals surface area contributed by atoms with Crippen LogP contribution in [0.2, 0.25) is 0 Å². The molecule has 0 saturated heterocycles. The van der Waals surface area contributed by atoms with Crippen molar-refractivity contribution in [1.29, 1.82) is 0 Å². The van der Waals surface area contributed by atoms with Crippen molar-refractivity contribution in [2.24, 2.45) is 0 Å². The van der Waals surface area contributed by atoms with Gasteiger partial charge in [-0.25, -0.2) is 8.78 Å². The number of hydrogen-bond acceptors (Lipinski definition) is 4. The molecule has 3 rings (SSSR count). The largest absolute Gasteiger partial charge is 0.480 e. The lowest BCUT2D eigenvalue weighted by atomic mass is 10.2. The third-order valence-corrected chi connectivity index (χ3v) is 5.11. The van der Waals surface area contributed by atoms with E-state index < -0.39 is 17.7 Å². The summed E-state index contributed by atoms with van der Waals surface area (Å²) in [6, 6.07) is 11.5. The predicted molar refractivity (Wildman–Crippen MR) is 106 cm³/mol. The SMILES string of the molecule is C=CCn1c(SCc2cccc(C)c2)nnc1C(C)Oc1ccc(F)cc1F. The first kappa shape index (κ1) is 20.1. The average Bonchev–Trinajstić information content (AvgIpc) is 3.05. The van der Waals surface area contributed by atoms with E-state index in [0.717, 1.165) is 23.0 Å². The zero-order valence-corrected chi connectivity index (χ0v) is 16.5. The first-order chi connectivity index (χ1) is 13.5. The number of benzene rings is 2. The summed E-state index contributed by atoms with van der Waals surface area (Å²) < 4.78 is 34.5. The topological polar surface area (TPSA) is 39.9 Å². The van der Waals surface area contributed by atoms with Crippen LogP contribution in [0.15, 0.2) is 60.3 Å². The van der Waals surface area contributed by atoms with Crippen LogP contribution in [0, 0.1) is 18.6 Å². The van der Waals surface area contributed by atoms with Crippen LogP contribution in [0.5, 0.6) is 5.75 Å². The third kappa shape index (κ3) is 4.78. The van der Waals surface area contributed by atoms with Crippen molar-refractivity contribution in [3.8, 4) is 5.75 Å². The molecular weight excluding hydrogens is 380 g/mol. The molecule has 3 aromatic rings. The van der Waals surface area contributed by atoms with E-state index in [9.17, 15) is 8.78 Å². The number of halogens is 2. The molecule has 0 aliphatic rings. The zero-order chi connectivity index (χ0) is 20.1. The van der Waals surface area contributed by atoms with E-state index in [2.05, 4.69) is 41.9 Å². The van der Waals surface area contributed by atoms with Crippen molar-refractivity contribution in [2.45, 2.75) is 37.4 Å². The van der Waals surface area contributed by atoms with Crippen molar-refractivity contribution >= 4 is 11.8 Å². The summed E-state index contributed by atoms with van der Waals surface area (Å²) in [4.78, 5) is 0. The summed E-state index contributed by atoms with van der Waals surface area (Å²) >= 11 is 1.56. The Morgan fingerprint density at radius 2 is 2.04 bits per heavy atom. The van der Waals surface area contributed by atoms with Crippen LogP contribution in [0.4, 0.5) is 8.78 Å². The number of hydrogen-bond donors (Lipinski definition) is 0. The minimum absolute atomic E-state index is 0.0315. The summed E-state index contributed by atoms with van der Waals surface area (Å²) in [7, 11) is 0. The lowest BCUT2D eigenvalue weighted by molar-refractivity contribution is 0.200. The van der Waals surface area contributed by atoms with E-state index in [1.165, 1.54) is 17.2 Å². The Bertz CT molecular complexity index is 974. The van der Waals surface area contributed by atoms with Gasteiger partial charge in [0.1, 0.15) is 5.82 Å². The molecule has 2 aromatic carbocycles. The molecule has 0 spiro atoms. The Labute approximate surface area is 167 Å². The second-order valence-electron chi connectivity index (χ2n) is 6.35. The highest BCUT2D eigenvalue weighted by molar-refractivity contribution is 7.98. The Hall–Kier alpha value is -2.67. The quantitative estimate of drug-likeness (QED) is 0.370. The molecule has 0 aliphatic carbocycles. The van der Waals surface area contributed by atoms with Gasteiger partial charge in [-0.05, 0) is 31.5 Å². The molecule has 0 radical (unpaired) electrons. The molecule has 4 nitrogen and oxygen atoms in total. The Kier molecular flexibility index (Phi) is 6.46. The first-order valence-electron chi connectivity index (χ1n) is 8.82. The maximum atomic E-state index is 13.9. The Balaban J connectivity index is 1.78. The molecule has 1 aromatic heterocycles. The second kappa shape index (κ2) is 9.01. The first-order valence-corrected chi connectivity index (χ1v) is 9.80. The van der Waals surface area contributed by atoms with Crippen LogP contribution in [-0.4, -0.2) is 14.8 Å². The van der Waals surface area contributed by atoms with Gasteiger partial charge in [-0.3, -0.25) is 4.57 Å². The monoisotopic (exact) mass is 401 g/mol. The van der Waals surface area contributed by atoms with Crippen molar-refractivity contribution in [3.05, 3.63) is 83.7 Å². The number of rotatable bonds is 8. The van der Waals surface area contributed by atoms with Gasteiger partial charge in [-0.2, -0.15) is 0 Å². The molecule has 0 N–H and O–H groups in total. The summed E-state index contributed by atoms with van der Waals surface area (Å²) in [5.41, 5.74) is 2.40. The van der Waals surface area contributed by atoms with Crippen LogP contribution < -0.4 is 4.74 Å². The highest BCUT2D eigenvalue weighted by Crippen LogP contribution is 2.28. The fourth-order valence-electron chi connectivity index (χ4n) is 2.77. The predicted octanol–water partition coefficient (Wildman–Crippen LogP) is 5.48. The normalized spacial score (nSPS) is 12.0. The molecule has 7 heteroatoms. The maximum absolute atomic E-state index is 13.9. The zero-order valence-electron chi connectivity index (χ0n) is 15.7. The number of aryl methyl sites for hydroxylation is 1. The maximum Gasteiger partial charge on any atom is 0.191 e. The number of aromatic nitrogens is 3. The van der Waals surface area contributed by atoms with E-state index in [1.54, 1.807) is 24.8 Å². The van der Waals surface area contributed by atoms with Crippen LogP contribution in [0.1, 0.15) is 30.0 Å². The van der Waals surface area contributed by atoms with Gasteiger partial charge in [-0.1, -0.05) is 47.7 Å². The minimum Gasteiger partial charge on any atom is -0.480 e. The molecule has 28 heavy (non-hydrogen) atoms. The molecule has 0 aliphatic heterocycles. The molecule has 0 amide bonds. The molecule has 1 atom stereocenters. The van der Waals surface area contributed by atoms with Crippen molar-refractivity contribution < 1.29 is 13.5 Å². The fraction of sp³-hybridized carbons (Fsp3) is 0.238.